The lowest BCUT2D eigenvalue weighted by molar-refractivity contribution is -0.132. The zero-order valence-electron chi connectivity index (χ0n) is 14.1. The molecule has 24 heavy (non-hydrogen) atoms. The molecule has 1 N–H and O–H groups in total. The van der Waals surface area contributed by atoms with Gasteiger partial charge in [-0.25, -0.2) is 0 Å². The molecule has 2 amide bonds. The van der Waals surface area contributed by atoms with Crippen LogP contribution < -0.4 is 5.32 Å². The number of nitrogens with zero attached hydrogens (tertiary/aromatic N) is 2. The summed E-state index contributed by atoms with van der Waals surface area (Å²) in [6.07, 6.45) is 3.57. The van der Waals surface area contributed by atoms with Crippen molar-refractivity contribution in [3.8, 4) is 0 Å². The van der Waals surface area contributed by atoms with Crippen molar-refractivity contribution in [3.05, 3.63) is 66.0 Å². The third kappa shape index (κ3) is 4.65. The number of benzene rings is 1. The zero-order valence-corrected chi connectivity index (χ0v) is 14.1. The minimum Gasteiger partial charge on any atom is -0.341 e. The summed E-state index contributed by atoms with van der Waals surface area (Å²) in [7, 11) is 0. The van der Waals surface area contributed by atoms with E-state index in [9.17, 15) is 9.59 Å². The van der Waals surface area contributed by atoms with Crippen LogP contribution in [0, 0.1) is 0 Å². The third-order valence-electron chi connectivity index (χ3n) is 3.88. The number of nitrogens with one attached hydrogen (secondary N) is 1. The molecule has 126 valence electrons. The Morgan fingerprint density at radius 1 is 1.08 bits per heavy atom. The highest BCUT2D eigenvalue weighted by molar-refractivity contribution is 5.97. The van der Waals surface area contributed by atoms with Crippen LogP contribution in [-0.4, -0.2) is 40.8 Å². The molecule has 5 heteroatoms. The Labute approximate surface area is 142 Å². The molecule has 0 fully saturated rings. The SMILES string of the molecule is CCN(CC)C(=O)C(Cc1ccccc1)NC(=O)c1cccnc1. The molecule has 0 bridgehead atoms. The molecule has 0 aliphatic carbocycles. The van der Waals surface area contributed by atoms with E-state index in [-0.39, 0.29) is 11.8 Å². The first-order valence-corrected chi connectivity index (χ1v) is 8.19. The van der Waals surface area contributed by atoms with E-state index < -0.39 is 6.04 Å². The van der Waals surface area contributed by atoms with Crippen molar-refractivity contribution in [2.45, 2.75) is 26.3 Å². The van der Waals surface area contributed by atoms with Crippen molar-refractivity contribution in [2.24, 2.45) is 0 Å². The van der Waals surface area contributed by atoms with Gasteiger partial charge in [-0.3, -0.25) is 14.6 Å². The smallest absolute Gasteiger partial charge is 0.253 e. The van der Waals surface area contributed by atoms with Gasteiger partial charge in [-0.2, -0.15) is 0 Å². The first-order valence-electron chi connectivity index (χ1n) is 8.19. The van der Waals surface area contributed by atoms with Crippen molar-refractivity contribution in [1.82, 2.24) is 15.2 Å². The fourth-order valence-electron chi connectivity index (χ4n) is 2.54. The summed E-state index contributed by atoms with van der Waals surface area (Å²) < 4.78 is 0. The summed E-state index contributed by atoms with van der Waals surface area (Å²) in [5, 5.41) is 2.86. The van der Waals surface area contributed by atoms with Crippen LogP contribution >= 0.6 is 0 Å². The predicted octanol–water partition coefficient (Wildman–Crippen LogP) is 2.29. The highest BCUT2D eigenvalue weighted by Crippen LogP contribution is 2.08. The van der Waals surface area contributed by atoms with E-state index in [2.05, 4.69) is 10.3 Å². The van der Waals surface area contributed by atoms with Gasteiger partial charge in [0.1, 0.15) is 6.04 Å². The molecule has 0 aliphatic rings. The fourth-order valence-corrected chi connectivity index (χ4v) is 2.54. The van der Waals surface area contributed by atoms with E-state index in [4.69, 9.17) is 0 Å². The topological polar surface area (TPSA) is 62.3 Å². The summed E-state index contributed by atoms with van der Waals surface area (Å²) in [5.74, 6) is -0.356. The van der Waals surface area contributed by atoms with Crippen LogP contribution in [0.3, 0.4) is 0 Å². The summed E-state index contributed by atoms with van der Waals surface area (Å²) in [5.41, 5.74) is 1.46. The Morgan fingerprint density at radius 2 is 1.79 bits per heavy atom. The second-order valence-corrected chi connectivity index (χ2v) is 5.47. The molecule has 0 spiro atoms. The van der Waals surface area contributed by atoms with Crippen molar-refractivity contribution in [3.63, 3.8) is 0 Å². The molecule has 1 aromatic heterocycles. The molecule has 1 atom stereocenters. The molecule has 2 rings (SSSR count). The number of pyridine rings is 1. The minimum absolute atomic E-state index is 0.0684. The van der Waals surface area contributed by atoms with E-state index >= 15 is 0 Å². The average Bonchev–Trinajstić information content (AvgIpc) is 2.63. The fraction of sp³-hybridized carbons (Fsp3) is 0.316. The molecule has 0 saturated carbocycles. The van der Waals surface area contributed by atoms with Gasteiger partial charge in [-0.15, -0.1) is 0 Å². The van der Waals surface area contributed by atoms with Crippen molar-refractivity contribution in [2.75, 3.05) is 13.1 Å². The van der Waals surface area contributed by atoms with E-state index in [1.54, 1.807) is 23.2 Å². The lowest BCUT2D eigenvalue weighted by atomic mass is 10.0. The first kappa shape index (κ1) is 17.7. The van der Waals surface area contributed by atoms with Crippen LogP contribution in [0.5, 0.6) is 0 Å². The average molecular weight is 325 g/mol. The Morgan fingerprint density at radius 3 is 2.38 bits per heavy atom. The van der Waals surface area contributed by atoms with E-state index in [0.29, 0.717) is 25.1 Å². The first-order chi connectivity index (χ1) is 11.7. The number of likely N-dealkylation sites (N-methyl/N-ethyl adjacent to an activating group) is 1. The number of aromatic nitrogens is 1. The van der Waals surface area contributed by atoms with E-state index in [0.717, 1.165) is 5.56 Å². The number of hydrogen-bond acceptors (Lipinski definition) is 3. The number of carbonyl (C=O) groups excluding carboxylic acids is 2. The summed E-state index contributed by atoms with van der Waals surface area (Å²) in [6.45, 7) is 5.10. The summed E-state index contributed by atoms with van der Waals surface area (Å²) >= 11 is 0. The second kappa shape index (κ2) is 8.82. The van der Waals surface area contributed by atoms with Crippen LogP contribution in [0.2, 0.25) is 0 Å². The van der Waals surface area contributed by atoms with Gasteiger partial charge in [0, 0.05) is 31.9 Å². The van der Waals surface area contributed by atoms with Crippen molar-refractivity contribution >= 4 is 11.8 Å². The number of hydrogen-bond donors (Lipinski definition) is 1. The number of rotatable bonds is 7. The van der Waals surface area contributed by atoms with E-state index in [1.165, 1.54) is 6.20 Å². The minimum atomic E-state index is -0.597. The number of carbonyl (C=O) groups is 2. The maximum atomic E-state index is 12.8. The Kier molecular flexibility index (Phi) is 6.49. The Hall–Kier alpha value is -2.69. The molecule has 2 aromatic rings. The van der Waals surface area contributed by atoms with Crippen molar-refractivity contribution < 1.29 is 9.59 Å². The number of amides is 2. The van der Waals surface area contributed by atoms with Gasteiger partial charge >= 0.3 is 0 Å². The Balaban J connectivity index is 2.18. The third-order valence-corrected chi connectivity index (χ3v) is 3.88. The van der Waals surface area contributed by atoms with Crippen LogP contribution in [0.25, 0.3) is 0 Å². The van der Waals surface area contributed by atoms with Gasteiger partial charge in [0.15, 0.2) is 0 Å². The van der Waals surface area contributed by atoms with Gasteiger partial charge in [0.2, 0.25) is 5.91 Å². The molecule has 0 saturated heterocycles. The maximum Gasteiger partial charge on any atom is 0.253 e. The monoisotopic (exact) mass is 325 g/mol. The highest BCUT2D eigenvalue weighted by atomic mass is 16.2. The van der Waals surface area contributed by atoms with Gasteiger partial charge < -0.3 is 10.2 Å². The molecule has 0 aliphatic heterocycles. The predicted molar refractivity (Wildman–Crippen MR) is 93.6 cm³/mol. The molecule has 1 aromatic carbocycles. The summed E-state index contributed by atoms with van der Waals surface area (Å²) in [4.78, 5) is 30.9. The van der Waals surface area contributed by atoms with Gasteiger partial charge in [-0.05, 0) is 31.5 Å². The van der Waals surface area contributed by atoms with Crippen LogP contribution in [0.15, 0.2) is 54.9 Å². The molecule has 5 nitrogen and oxygen atoms in total. The molecule has 1 heterocycles. The Bertz CT molecular complexity index is 655. The molecule has 1 unspecified atom stereocenters. The van der Waals surface area contributed by atoms with Crippen molar-refractivity contribution in [1.29, 1.82) is 0 Å². The maximum absolute atomic E-state index is 12.8. The molecular formula is C19H23N3O2. The van der Waals surface area contributed by atoms with Crippen LogP contribution in [0.4, 0.5) is 0 Å². The van der Waals surface area contributed by atoms with Gasteiger partial charge in [-0.1, -0.05) is 30.3 Å². The standard InChI is InChI=1S/C19H23N3O2/c1-3-22(4-2)19(24)17(13-15-9-6-5-7-10-15)21-18(23)16-11-8-12-20-14-16/h5-12,14,17H,3-4,13H2,1-2H3,(H,21,23). The highest BCUT2D eigenvalue weighted by Gasteiger charge is 2.25. The second-order valence-electron chi connectivity index (χ2n) is 5.47. The molecular weight excluding hydrogens is 302 g/mol. The zero-order chi connectivity index (χ0) is 17.4. The van der Waals surface area contributed by atoms with E-state index in [1.807, 2.05) is 44.2 Å². The quantitative estimate of drug-likeness (QED) is 0.849. The lowest BCUT2D eigenvalue weighted by Crippen LogP contribution is -2.49. The molecule has 0 radical (unpaired) electrons. The van der Waals surface area contributed by atoms with Crippen LogP contribution in [0.1, 0.15) is 29.8 Å². The van der Waals surface area contributed by atoms with Crippen LogP contribution in [-0.2, 0) is 11.2 Å². The lowest BCUT2D eigenvalue weighted by Gasteiger charge is -2.26. The van der Waals surface area contributed by atoms with Gasteiger partial charge in [0.25, 0.3) is 5.91 Å². The largest absolute Gasteiger partial charge is 0.341 e. The summed E-state index contributed by atoms with van der Waals surface area (Å²) in [6, 6.07) is 12.5. The van der Waals surface area contributed by atoms with Gasteiger partial charge in [0.05, 0.1) is 5.56 Å². The normalized spacial score (nSPS) is 11.6.